The van der Waals surface area contributed by atoms with Gasteiger partial charge in [-0.3, -0.25) is 9.67 Å². The Morgan fingerprint density at radius 1 is 1.32 bits per heavy atom. The molecule has 1 aromatic heterocycles. The van der Waals surface area contributed by atoms with Crippen LogP contribution in [0.4, 0.5) is 4.39 Å². The van der Waals surface area contributed by atoms with Crippen molar-refractivity contribution in [1.82, 2.24) is 20.4 Å². The van der Waals surface area contributed by atoms with Gasteiger partial charge < -0.3 is 15.4 Å². The molecular weight excluding hydrogens is 436 g/mol. The van der Waals surface area contributed by atoms with Crippen molar-refractivity contribution in [3.8, 4) is 5.75 Å². The van der Waals surface area contributed by atoms with Gasteiger partial charge >= 0.3 is 0 Å². The number of hydrogen-bond donors (Lipinski definition) is 2. The molecule has 0 amide bonds. The summed E-state index contributed by atoms with van der Waals surface area (Å²) in [6.07, 6.45) is 0. The fraction of sp³-hybridized carbons (Fsp3) is 0.412. The van der Waals surface area contributed by atoms with Crippen LogP contribution >= 0.6 is 24.0 Å². The molecule has 0 bridgehead atoms. The van der Waals surface area contributed by atoms with E-state index in [0.717, 1.165) is 17.0 Å². The summed E-state index contributed by atoms with van der Waals surface area (Å²) in [5, 5.41) is 10.8. The van der Waals surface area contributed by atoms with E-state index < -0.39 is 0 Å². The number of benzene rings is 1. The molecule has 2 N–H and O–H groups in total. The summed E-state index contributed by atoms with van der Waals surface area (Å²) >= 11 is 0. The van der Waals surface area contributed by atoms with Crippen LogP contribution in [0.2, 0.25) is 0 Å². The van der Waals surface area contributed by atoms with Gasteiger partial charge in [-0.05, 0) is 26.0 Å². The van der Waals surface area contributed by atoms with E-state index in [1.54, 1.807) is 19.2 Å². The number of aryl methyl sites for hydroxylation is 2. The molecule has 8 heteroatoms. The third-order valence-corrected chi connectivity index (χ3v) is 3.77. The van der Waals surface area contributed by atoms with Crippen LogP contribution in [0, 0.1) is 19.7 Å². The summed E-state index contributed by atoms with van der Waals surface area (Å²) in [6, 6.07) is 6.10. The lowest BCUT2D eigenvalue weighted by molar-refractivity contribution is 0.320. The first-order chi connectivity index (χ1) is 11.5. The average molecular weight is 461 g/mol. The van der Waals surface area contributed by atoms with Crippen LogP contribution < -0.4 is 15.4 Å². The number of nitrogens with zero attached hydrogens (tertiary/aromatic N) is 3. The summed E-state index contributed by atoms with van der Waals surface area (Å²) in [7, 11) is 3.65. The molecule has 0 saturated carbocycles. The second kappa shape index (κ2) is 10.2. The zero-order valence-corrected chi connectivity index (χ0v) is 17.3. The lowest BCUT2D eigenvalue weighted by Gasteiger charge is -2.13. The van der Waals surface area contributed by atoms with Gasteiger partial charge in [-0.2, -0.15) is 5.10 Å². The van der Waals surface area contributed by atoms with E-state index in [9.17, 15) is 4.39 Å². The van der Waals surface area contributed by atoms with E-state index in [4.69, 9.17) is 4.74 Å². The molecule has 0 saturated heterocycles. The molecule has 0 aliphatic heterocycles. The monoisotopic (exact) mass is 461 g/mol. The van der Waals surface area contributed by atoms with Crippen molar-refractivity contribution in [3.05, 3.63) is 47.0 Å². The second-order valence-electron chi connectivity index (χ2n) is 5.43. The highest BCUT2D eigenvalue weighted by Gasteiger charge is 2.09. The molecule has 0 fully saturated rings. The number of ether oxygens (including phenoxy) is 1. The normalized spacial score (nSPS) is 11.0. The standard InChI is InChI=1S/C17H24FN5O.HI/c1-12-16(13(2)23(4)22-12)11-21-17(19-3)20-8-9-24-15-7-5-6-14(18)10-15;/h5-7,10H,8-9,11H2,1-4H3,(H2,19,20,21);1H. The molecular formula is C17H25FIN5O. The molecule has 6 nitrogen and oxygen atoms in total. The van der Waals surface area contributed by atoms with Gasteiger partial charge in [0.2, 0.25) is 0 Å². The first kappa shape index (κ1) is 21.2. The fourth-order valence-corrected chi connectivity index (χ4v) is 2.36. The number of rotatable bonds is 6. The molecule has 1 heterocycles. The van der Waals surface area contributed by atoms with Crippen molar-refractivity contribution in [2.24, 2.45) is 12.0 Å². The lowest BCUT2D eigenvalue weighted by atomic mass is 10.2. The number of hydrogen-bond acceptors (Lipinski definition) is 3. The zero-order chi connectivity index (χ0) is 17.5. The first-order valence-corrected chi connectivity index (χ1v) is 7.83. The molecule has 2 aromatic rings. The maximum Gasteiger partial charge on any atom is 0.191 e. The van der Waals surface area contributed by atoms with Crippen LogP contribution in [0.3, 0.4) is 0 Å². The SMILES string of the molecule is CN=C(NCCOc1cccc(F)c1)NCc1c(C)nn(C)c1C.I. The lowest BCUT2D eigenvalue weighted by Crippen LogP contribution is -2.39. The van der Waals surface area contributed by atoms with Crippen molar-refractivity contribution in [2.75, 3.05) is 20.2 Å². The largest absolute Gasteiger partial charge is 0.492 e. The average Bonchev–Trinajstić information content (AvgIpc) is 2.80. The predicted molar refractivity (Wildman–Crippen MR) is 108 cm³/mol. The molecule has 1 aromatic carbocycles. The number of halogens is 2. The van der Waals surface area contributed by atoms with Crippen LogP contribution in [0.1, 0.15) is 17.0 Å². The molecule has 0 atom stereocenters. The number of aromatic nitrogens is 2. The molecule has 25 heavy (non-hydrogen) atoms. The van der Waals surface area contributed by atoms with E-state index in [2.05, 4.69) is 20.7 Å². The quantitative estimate of drug-likeness (QED) is 0.301. The van der Waals surface area contributed by atoms with E-state index in [0.29, 0.717) is 31.4 Å². The summed E-state index contributed by atoms with van der Waals surface area (Å²) in [4.78, 5) is 4.18. The number of nitrogens with one attached hydrogen (secondary N) is 2. The van der Waals surface area contributed by atoms with Gasteiger partial charge in [0.15, 0.2) is 5.96 Å². The van der Waals surface area contributed by atoms with Crippen molar-refractivity contribution >= 4 is 29.9 Å². The minimum Gasteiger partial charge on any atom is -0.492 e. The fourth-order valence-electron chi connectivity index (χ4n) is 2.36. The molecule has 138 valence electrons. The molecule has 0 aliphatic rings. The minimum atomic E-state index is -0.305. The molecule has 0 spiro atoms. The molecule has 0 radical (unpaired) electrons. The van der Waals surface area contributed by atoms with Gasteiger partial charge in [-0.15, -0.1) is 24.0 Å². The van der Waals surface area contributed by atoms with Crippen molar-refractivity contribution in [2.45, 2.75) is 20.4 Å². The molecule has 0 aliphatic carbocycles. The second-order valence-corrected chi connectivity index (χ2v) is 5.43. The highest BCUT2D eigenvalue weighted by molar-refractivity contribution is 14.0. The summed E-state index contributed by atoms with van der Waals surface area (Å²) in [5.41, 5.74) is 3.30. The molecule has 2 rings (SSSR count). The van der Waals surface area contributed by atoms with Crippen molar-refractivity contribution < 1.29 is 9.13 Å². The number of guanidine groups is 1. The molecule has 0 unspecified atom stereocenters. The zero-order valence-electron chi connectivity index (χ0n) is 15.0. The number of aliphatic imine (C=N–C) groups is 1. The topological polar surface area (TPSA) is 63.5 Å². The Labute approximate surface area is 164 Å². The van der Waals surface area contributed by atoms with Gasteiger partial charge in [0.1, 0.15) is 18.2 Å². The Hall–Kier alpha value is -1.84. The van der Waals surface area contributed by atoms with Crippen LogP contribution in [0.25, 0.3) is 0 Å². The smallest absolute Gasteiger partial charge is 0.191 e. The van der Waals surface area contributed by atoms with E-state index in [1.165, 1.54) is 12.1 Å². The van der Waals surface area contributed by atoms with Crippen LogP contribution in [0.15, 0.2) is 29.3 Å². The van der Waals surface area contributed by atoms with E-state index in [1.807, 2.05) is 25.6 Å². The Morgan fingerprint density at radius 2 is 2.08 bits per heavy atom. The van der Waals surface area contributed by atoms with Gasteiger partial charge in [-0.25, -0.2) is 4.39 Å². The van der Waals surface area contributed by atoms with Gasteiger partial charge in [0.05, 0.1) is 12.2 Å². The Morgan fingerprint density at radius 3 is 2.68 bits per heavy atom. The Bertz CT molecular complexity index is 717. The maximum atomic E-state index is 13.1. The highest BCUT2D eigenvalue weighted by Crippen LogP contribution is 2.12. The first-order valence-electron chi connectivity index (χ1n) is 7.83. The van der Waals surface area contributed by atoms with Gasteiger partial charge in [0.25, 0.3) is 0 Å². The Kier molecular flexibility index (Phi) is 8.67. The van der Waals surface area contributed by atoms with Crippen LogP contribution in [-0.4, -0.2) is 35.9 Å². The maximum absolute atomic E-state index is 13.1. The van der Waals surface area contributed by atoms with Crippen molar-refractivity contribution in [3.63, 3.8) is 0 Å². The summed E-state index contributed by atoms with van der Waals surface area (Å²) in [6.45, 7) is 5.65. The van der Waals surface area contributed by atoms with Crippen LogP contribution in [0.5, 0.6) is 5.75 Å². The van der Waals surface area contributed by atoms with Crippen molar-refractivity contribution in [1.29, 1.82) is 0 Å². The summed E-state index contributed by atoms with van der Waals surface area (Å²) < 4.78 is 20.4. The van der Waals surface area contributed by atoms with Gasteiger partial charge in [-0.1, -0.05) is 6.07 Å². The Balaban J connectivity index is 0.00000312. The van der Waals surface area contributed by atoms with E-state index in [-0.39, 0.29) is 29.8 Å². The third kappa shape index (κ3) is 6.18. The summed E-state index contributed by atoms with van der Waals surface area (Å²) in [5.74, 6) is 0.891. The van der Waals surface area contributed by atoms with Gasteiger partial charge in [0, 0.05) is 38.0 Å². The minimum absolute atomic E-state index is 0. The van der Waals surface area contributed by atoms with E-state index >= 15 is 0 Å². The van der Waals surface area contributed by atoms with Crippen LogP contribution in [-0.2, 0) is 13.6 Å². The highest BCUT2D eigenvalue weighted by atomic mass is 127. The predicted octanol–water partition coefficient (Wildman–Crippen LogP) is 2.54. The third-order valence-electron chi connectivity index (χ3n) is 3.77.